The lowest BCUT2D eigenvalue weighted by Crippen LogP contribution is -2.48. The smallest absolute Gasteiger partial charge is 0.272 e. The molecular formula is C21H24N4O3. The van der Waals surface area contributed by atoms with Gasteiger partial charge in [-0.05, 0) is 42.7 Å². The summed E-state index contributed by atoms with van der Waals surface area (Å²) in [6.07, 6.45) is 4.20. The number of hydrogen-bond acceptors (Lipinski definition) is 6. The van der Waals surface area contributed by atoms with Gasteiger partial charge in [-0.2, -0.15) is 0 Å². The first-order valence-corrected chi connectivity index (χ1v) is 9.87. The van der Waals surface area contributed by atoms with E-state index in [1.54, 1.807) is 6.20 Å². The molecule has 1 N–H and O–H groups in total. The third-order valence-corrected chi connectivity index (χ3v) is 5.43. The third kappa shape index (κ3) is 3.75. The maximum absolute atomic E-state index is 12.7. The molecule has 5 rings (SSSR count). The van der Waals surface area contributed by atoms with E-state index in [4.69, 9.17) is 9.47 Å². The minimum absolute atomic E-state index is 0.0145. The Balaban J connectivity index is 1.14. The van der Waals surface area contributed by atoms with Gasteiger partial charge >= 0.3 is 0 Å². The van der Waals surface area contributed by atoms with Crippen molar-refractivity contribution in [1.82, 2.24) is 14.8 Å². The standard InChI is InChI=1S/C21H24N4O3/c26-21(18-5-4-17(12-22-18)23-16-2-3-16)25-9-7-24(8-10-25)13-15-1-6-19-20(11-15)28-14-27-19/h1,4-6,11-12,16,23H,2-3,7-10,13-14H2. The van der Waals surface area contributed by atoms with Gasteiger partial charge in [0.2, 0.25) is 6.79 Å². The lowest BCUT2D eigenvalue weighted by Gasteiger charge is -2.34. The molecule has 0 radical (unpaired) electrons. The Hall–Kier alpha value is -2.80. The van der Waals surface area contributed by atoms with E-state index in [2.05, 4.69) is 21.3 Å². The molecule has 1 aromatic carbocycles. The number of anilines is 1. The van der Waals surface area contributed by atoms with E-state index < -0.39 is 0 Å². The number of ether oxygens (including phenoxy) is 2. The van der Waals surface area contributed by atoms with Crippen LogP contribution in [0.3, 0.4) is 0 Å². The number of amides is 1. The number of nitrogens with one attached hydrogen (secondary N) is 1. The second-order valence-electron chi connectivity index (χ2n) is 7.61. The van der Waals surface area contributed by atoms with Crippen molar-refractivity contribution in [3.8, 4) is 11.5 Å². The maximum Gasteiger partial charge on any atom is 0.272 e. The van der Waals surface area contributed by atoms with Crippen molar-refractivity contribution in [2.75, 3.05) is 38.3 Å². The fourth-order valence-corrected chi connectivity index (χ4v) is 3.64. The van der Waals surface area contributed by atoms with Crippen molar-refractivity contribution in [2.45, 2.75) is 25.4 Å². The zero-order valence-corrected chi connectivity index (χ0v) is 15.8. The second kappa shape index (κ2) is 7.31. The number of piperazine rings is 1. The van der Waals surface area contributed by atoms with Crippen LogP contribution in [0.1, 0.15) is 28.9 Å². The van der Waals surface area contributed by atoms with E-state index >= 15 is 0 Å². The molecule has 7 heteroatoms. The van der Waals surface area contributed by atoms with Crippen LogP contribution >= 0.6 is 0 Å². The van der Waals surface area contributed by atoms with Crippen LogP contribution in [0.25, 0.3) is 0 Å². The van der Waals surface area contributed by atoms with Crippen molar-refractivity contribution in [2.24, 2.45) is 0 Å². The van der Waals surface area contributed by atoms with Crippen molar-refractivity contribution in [1.29, 1.82) is 0 Å². The van der Waals surface area contributed by atoms with Gasteiger partial charge in [-0.15, -0.1) is 0 Å². The molecule has 146 valence electrons. The summed E-state index contributed by atoms with van der Waals surface area (Å²) in [5, 5.41) is 3.40. The first kappa shape index (κ1) is 17.3. The average molecular weight is 380 g/mol. The first-order chi connectivity index (χ1) is 13.7. The average Bonchev–Trinajstić information content (AvgIpc) is 3.42. The fraction of sp³-hybridized carbons (Fsp3) is 0.429. The van der Waals surface area contributed by atoms with Gasteiger partial charge in [0.05, 0.1) is 11.9 Å². The molecule has 7 nitrogen and oxygen atoms in total. The van der Waals surface area contributed by atoms with E-state index in [-0.39, 0.29) is 5.91 Å². The van der Waals surface area contributed by atoms with Crippen LogP contribution in [0.15, 0.2) is 36.5 Å². The number of rotatable bonds is 5. The number of hydrogen-bond donors (Lipinski definition) is 1. The number of fused-ring (bicyclic) bond motifs is 1. The molecule has 1 saturated heterocycles. The van der Waals surface area contributed by atoms with Gasteiger partial charge in [0.1, 0.15) is 5.69 Å². The van der Waals surface area contributed by atoms with Crippen LogP contribution in [-0.2, 0) is 6.54 Å². The summed E-state index contributed by atoms with van der Waals surface area (Å²) < 4.78 is 10.8. The van der Waals surface area contributed by atoms with Crippen molar-refractivity contribution >= 4 is 11.6 Å². The zero-order chi connectivity index (χ0) is 18.9. The molecule has 0 bridgehead atoms. The maximum atomic E-state index is 12.7. The normalized spacial score (nSPS) is 18.9. The van der Waals surface area contributed by atoms with Gasteiger partial charge in [-0.25, -0.2) is 4.98 Å². The third-order valence-electron chi connectivity index (χ3n) is 5.43. The van der Waals surface area contributed by atoms with E-state index in [1.807, 2.05) is 29.2 Å². The first-order valence-electron chi connectivity index (χ1n) is 9.87. The number of aromatic nitrogens is 1. The summed E-state index contributed by atoms with van der Waals surface area (Å²) >= 11 is 0. The highest BCUT2D eigenvalue weighted by Gasteiger charge is 2.24. The SMILES string of the molecule is O=C(c1ccc(NC2CC2)cn1)N1CCN(Cc2ccc3c(c2)OCO3)CC1. The predicted octanol–water partition coefficient (Wildman–Crippen LogP) is 2.34. The summed E-state index contributed by atoms with van der Waals surface area (Å²) in [4.78, 5) is 21.3. The molecule has 2 aromatic rings. The van der Waals surface area contributed by atoms with Gasteiger partial charge in [-0.3, -0.25) is 9.69 Å². The lowest BCUT2D eigenvalue weighted by atomic mass is 10.1. The largest absolute Gasteiger partial charge is 0.454 e. The topological polar surface area (TPSA) is 66.9 Å². The minimum Gasteiger partial charge on any atom is -0.454 e. The van der Waals surface area contributed by atoms with Crippen LogP contribution in [0, 0.1) is 0 Å². The van der Waals surface area contributed by atoms with Crippen molar-refractivity contribution in [3.05, 3.63) is 47.8 Å². The highest BCUT2D eigenvalue weighted by atomic mass is 16.7. The fourth-order valence-electron chi connectivity index (χ4n) is 3.64. The van der Waals surface area contributed by atoms with Crippen LogP contribution in [-0.4, -0.2) is 59.7 Å². The van der Waals surface area contributed by atoms with E-state index in [0.717, 1.165) is 36.8 Å². The molecule has 1 aliphatic carbocycles. The van der Waals surface area contributed by atoms with Crippen LogP contribution in [0.2, 0.25) is 0 Å². The second-order valence-corrected chi connectivity index (χ2v) is 7.61. The number of carbonyl (C=O) groups excluding carboxylic acids is 1. The summed E-state index contributed by atoms with van der Waals surface area (Å²) in [6.45, 7) is 4.27. The Morgan fingerprint density at radius 3 is 2.64 bits per heavy atom. The Morgan fingerprint density at radius 1 is 1.07 bits per heavy atom. The van der Waals surface area contributed by atoms with E-state index in [0.29, 0.717) is 31.6 Å². The lowest BCUT2D eigenvalue weighted by molar-refractivity contribution is 0.0623. The molecule has 0 atom stereocenters. The van der Waals surface area contributed by atoms with Gasteiger partial charge in [0.15, 0.2) is 11.5 Å². The molecular weight excluding hydrogens is 356 g/mol. The molecule has 3 heterocycles. The molecule has 1 amide bonds. The van der Waals surface area contributed by atoms with E-state index in [9.17, 15) is 4.79 Å². The molecule has 2 fully saturated rings. The van der Waals surface area contributed by atoms with Gasteiger partial charge in [-0.1, -0.05) is 6.07 Å². The summed E-state index contributed by atoms with van der Waals surface area (Å²) in [5.41, 5.74) is 2.71. The van der Waals surface area contributed by atoms with Crippen LogP contribution in [0.5, 0.6) is 11.5 Å². The van der Waals surface area contributed by atoms with Crippen LogP contribution < -0.4 is 14.8 Å². The van der Waals surface area contributed by atoms with E-state index in [1.165, 1.54) is 18.4 Å². The molecule has 2 aliphatic heterocycles. The van der Waals surface area contributed by atoms with Gasteiger partial charge in [0.25, 0.3) is 5.91 Å². The Morgan fingerprint density at radius 2 is 1.89 bits per heavy atom. The minimum atomic E-state index is 0.0145. The summed E-state index contributed by atoms with van der Waals surface area (Å²) in [6, 6.07) is 10.4. The zero-order valence-electron chi connectivity index (χ0n) is 15.8. The van der Waals surface area contributed by atoms with Gasteiger partial charge < -0.3 is 19.7 Å². The Bertz CT molecular complexity index is 858. The summed E-state index contributed by atoms with van der Waals surface area (Å²) in [5.74, 6) is 1.64. The Kier molecular flexibility index (Phi) is 4.52. The monoisotopic (exact) mass is 380 g/mol. The molecule has 0 spiro atoms. The number of nitrogens with zero attached hydrogens (tertiary/aromatic N) is 3. The Labute approximate surface area is 164 Å². The molecule has 0 unspecified atom stereocenters. The number of pyridine rings is 1. The number of carbonyl (C=O) groups is 1. The molecule has 1 saturated carbocycles. The summed E-state index contributed by atoms with van der Waals surface area (Å²) in [7, 11) is 0. The molecule has 1 aromatic heterocycles. The number of benzene rings is 1. The van der Waals surface area contributed by atoms with Crippen molar-refractivity contribution < 1.29 is 14.3 Å². The molecule has 28 heavy (non-hydrogen) atoms. The highest BCUT2D eigenvalue weighted by Crippen LogP contribution is 2.33. The van der Waals surface area contributed by atoms with Gasteiger partial charge in [0, 0.05) is 38.8 Å². The van der Waals surface area contributed by atoms with Crippen molar-refractivity contribution in [3.63, 3.8) is 0 Å². The highest BCUT2D eigenvalue weighted by molar-refractivity contribution is 5.92. The van der Waals surface area contributed by atoms with Crippen LogP contribution in [0.4, 0.5) is 5.69 Å². The quantitative estimate of drug-likeness (QED) is 0.859. The predicted molar refractivity (Wildman–Crippen MR) is 105 cm³/mol. The molecule has 3 aliphatic rings.